The van der Waals surface area contributed by atoms with Crippen molar-refractivity contribution in [1.29, 1.82) is 0 Å². The summed E-state index contributed by atoms with van der Waals surface area (Å²) < 4.78 is 0. The number of amidine groups is 1. The number of amides is 1. The molecule has 1 amide bonds. The minimum Gasteiger partial charge on any atom is -0.360 e. The van der Waals surface area contributed by atoms with Gasteiger partial charge in [-0.2, -0.15) is 5.10 Å². The fourth-order valence-corrected chi connectivity index (χ4v) is 2.55. The molecule has 2 heterocycles. The Morgan fingerprint density at radius 1 is 1.37 bits per heavy atom. The molecule has 19 heavy (non-hydrogen) atoms. The third-order valence-corrected chi connectivity index (χ3v) is 3.72. The van der Waals surface area contributed by atoms with Crippen LogP contribution in [0, 0.1) is 0 Å². The second-order valence-electron chi connectivity index (χ2n) is 4.18. The first-order chi connectivity index (χ1) is 9.24. The van der Waals surface area contributed by atoms with E-state index >= 15 is 0 Å². The summed E-state index contributed by atoms with van der Waals surface area (Å²) in [5.74, 6) is 0.393. The Hall–Kier alpha value is -2.08. The topological polar surface area (TPSA) is 69.6 Å². The molecule has 1 saturated heterocycles. The van der Waals surface area contributed by atoms with Crippen molar-refractivity contribution in [3.8, 4) is 0 Å². The lowest BCUT2D eigenvalue weighted by atomic mass is 10.1. The Morgan fingerprint density at radius 2 is 2.21 bits per heavy atom. The van der Waals surface area contributed by atoms with E-state index in [1.807, 2.05) is 37.4 Å². The van der Waals surface area contributed by atoms with Crippen LogP contribution in [0.5, 0.6) is 0 Å². The maximum Gasteiger partial charge on any atom is 0.236 e. The Balaban J connectivity index is 1.91. The average Bonchev–Trinajstić information content (AvgIpc) is 3.02. The van der Waals surface area contributed by atoms with E-state index in [4.69, 9.17) is 0 Å². The van der Waals surface area contributed by atoms with E-state index in [0.29, 0.717) is 10.9 Å². The summed E-state index contributed by atoms with van der Waals surface area (Å²) in [7, 11) is 0. The number of para-hydroxylation sites is 1. The average molecular weight is 272 g/mol. The fraction of sp³-hybridized carbons (Fsp3) is 0.154. The smallest absolute Gasteiger partial charge is 0.236 e. The molecule has 5 nitrogen and oxygen atoms in total. The molecule has 0 aliphatic carbocycles. The lowest BCUT2D eigenvalue weighted by molar-refractivity contribution is -0.116. The third-order valence-electron chi connectivity index (χ3n) is 2.86. The van der Waals surface area contributed by atoms with Crippen LogP contribution >= 0.6 is 11.8 Å². The van der Waals surface area contributed by atoms with Gasteiger partial charge in [0.15, 0.2) is 5.17 Å². The number of fused-ring (bicyclic) bond motifs is 1. The molecule has 3 rings (SSSR count). The number of carbonyl (C=O) groups is 1. The maximum absolute atomic E-state index is 11.0. The molecule has 96 valence electrons. The van der Waals surface area contributed by atoms with Crippen molar-refractivity contribution in [2.24, 2.45) is 10.2 Å². The van der Waals surface area contributed by atoms with Gasteiger partial charge < -0.3 is 10.3 Å². The maximum atomic E-state index is 11.0. The van der Waals surface area contributed by atoms with Crippen LogP contribution in [0.2, 0.25) is 0 Å². The van der Waals surface area contributed by atoms with Gasteiger partial charge in [-0.1, -0.05) is 30.0 Å². The van der Waals surface area contributed by atoms with Crippen LogP contribution in [0.3, 0.4) is 0 Å². The van der Waals surface area contributed by atoms with Crippen molar-refractivity contribution in [1.82, 2.24) is 10.3 Å². The van der Waals surface area contributed by atoms with Crippen LogP contribution in [0.4, 0.5) is 0 Å². The van der Waals surface area contributed by atoms with E-state index in [9.17, 15) is 4.79 Å². The molecule has 2 N–H and O–H groups in total. The van der Waals surface area contributed by atoms with Crippen molar-refractivity contribution in [3.05, 3.63) is 36.0 Å². The molecule has 1 aliphatic heterocycles. The SMILES string of the molecule is C/C(=N\N=C1\NC(=O)CS1)c1c[nH]c2ccccc12. The number of rotatable bonds is 2. The quantitative estimate of drug-likeness (QED) is 0.649. The fourth-order valence-electron chi connectivity index (χ4n) is 1.92. The van der Waals surface area contributed by atoms with Gasteiger partial charge in [0.05, 0.1) is 11.5 Å². The van der Waals surface area contributed by atoms with Crippen LogP contribution in [-0.2, 0) is 4.79 Å². The predicted octanol–water partition coefficient (Wildman–Crippen LogP) is 2.11. The highest BCUT2D eigenvalue weighted by Crippen LogP contribution is 2.18. The zero-order chi connectivity index (χ0) is 13.2. The number of nitrogens with zero attached hydrogens (tertiary/aromatic N) is 2. The molecule has 0 bridgehead atoms. The first-order valence-corrected chi connectivity index (χ1v) is 6.84. The molecular weight excluding hydrogens is 260 g/mol. The summed E-state index contributed by atoms with van der Waals surface area (Å²) >= 11 is 1.37. The van der Waals surface area contributed by atoms with Crippen molar-refractivity contribution in [2.75, 3.05) is 5.75 Å². The molecule has 1 aliphatic rings. The van der Waals surface area contributed by atoms with Gasteiger partial charge in [0.25, 0.3) is 0 Å². The second kappa shape index (κ2) is 4.89. The van der Waals surface area contributed by atoms with Crippen LogP contribution in [0.1, 0.15) is 12.5 Å². The largest absolute Gasteiger partial charge is 0.360 e. The van der Waals surface area contributed by atoms with E-state index in [-0.39, 0.29) is 5.91 Å². The number of aromatic amines is 1. The number of carbonyl (C=O) groups excluding carboxylic acids is 1. The number of hydrogen-bond acceptors (Lipinski definition) is 4. The van der Waals surface area contributed by atoms with Gasteiger partial charge in [-0.15, -0.1) is 5.10 Å². The molecule has 6 heteroatoms. The standard InChI is InChI=1S/C13H12N4OS/c1-8(16-17-13-15-12(18)7-19-13)10-6-14-11-5-3-2-4-9(10)11/h2-6,14H,7H2,1H3,(H,15,17,18)/b16-8+. The zero-order valence-corrected chi connectivity index (χ0v) is 11.1. The van der Waals surface area contributed by atoms with Crippen LogP contribution < -0.4 is 5.32 Å². The second-order valence-corrected chi connectivity index (χ2v) is 5.14. The minimum atomic E-state index is -0.0244. The molecule has 0 spiro atoms. The Morgan fingerprint density at radius 3 is 3.00 bits per heavy atom. The van der Waals surface area contributed by atoms with E-state index in [0.717, 1.165) is 22.2 Å². The molecule has 0 saturated carbocycles. The van der Waals surface area contributed by atoms with Gasteiger partial charge in [0.2, 0.25) is 5.91 Å². The van der Waals surface area contributed by atoms with E-state index in [1.165, 1.54) is 11.8 Å². The Kier molecular flexibility index (Phi) is 3.08. The highest BCUT2D eigenvalue weighted by atomic mass is 32.2. The minimum absolute atomic E-state index is 0.0244. The monoisotopic (exact) mass is 272 g/mol. The summed E-state index contributed by atoms with van der Waals surface area (Å²) in [5, 5.41) is 12.6. The number of nitrogens with one attached hydrogen (secondary N) is 2. The summed E-state index contributed by atoms with van der Waals surface area (Å²) in [4.78, 5) is 14.2. The van der Waals surface area contributed by atoms with Crippen LogP contribution in [-0.4, -0.2) is 27.5 Å². The molecular formula is C13H12N4OS. The first-order valence-electron chi connectivity index (χ1n) is 5.85. The third kappa shape index (κ3) is 2.39. The molecule has 2 aromatic rings. The van der Waals surface area contributed by atoms with Gasteiger partial charge in [-0.05, 0) is 13.0 Å². The highest BCUT2D eigenvalue weighted by Gasteiger charge is 2.16. The summed E-state index contributed by atoms with van der Waals surface area (Å²) in [6.45, 7) is 1.90. The normalized spacial score (nSPS) is 18.3. The molecule has 1 fully saturated rings. The number of hydrogen-bond donors (Lipinski definition) is 2. The van der Waals surface area contributed by atoms with Crippen molar-refractivity contribution in [3.63, 3.8) is 0 Å². The van der Waals surface area contributed by atoms with Gasteiger partial charge in [-0.25, -0.2) is 0 Å². The lowest BCUT2D eigenvalue weighted by Crippen LogP contribution is -2.19. The summed E-state index contributed by atoms with van der Waals surface area (Å²) in [6, 6.07) is 8.04. The Labute approximate surface area is 114 Å². The van der Waals surface area contributed by atoms with Gasteiger partial charge in [-0.3, -0.25) is 4.79 Å². The van der Waals surface area contributed by atoms with E-state index in [2.05, 4.69) is 20.5 Å². The molecule has 1 aromatic carbocycles. The van der Waals surface area contributed by atoms with E-state index in [1.54, 1.807) is 0 Å². The number of H-pyrrole nitrogens is 1. The Bertz CT molecular complexity index is 701. The predicted molar refractivity (Wildman–Crippen MR) is 78.5 cm³/mol. The summed E-state index contributed by atoms with van der Waals surface area (Å²) in [5.41, 5.74) is 2.91. The highest BCUT2D eigenvalue weighted by molar-refractivity contribution is 8.15. The molecule has 0 atom stereocenters. The number of aromatic nitrogens is 1. The van der Waals surface area contributed by atoms with Gasteiger partial charge in [0.1, 0.15) is 0 Å². The molecule has 0 radical (unpaired) electrons. The van der Waals surface area contributed by atoms with Crippen molar-refractivity contribution in [2.45, 2.75) is 6.92 Å². The van der Waals surface area contributed by atoms with Gasteiger partial charge >= 0.3 is 0 Å². The first kappa shape index (κ1) is 12.0. The number of benzene rings is 1. The van der Waals surface area contributed by atoms with Crippen LogP contribution in [0.15, 0.2) is 40.7 Å². The van der Waals surface area contributed by atoms with Crippen molar-refractivity contribution >= 4 is 39.5 Å². The lowest BCUT2D eigenvalue weighted by Gasteiger charge is -1.96. The zero-order valence-electron chi connectivity index (χ0n) is 10.3. The van der Waals surface area contributed by atoms with Crippen molar-refractivity contribution < 1.29 is 4.79 Å². The molecule has 1 aromatic heterocycles. The summed E-state index contributed by atoms with van der Waals surface area (Å²) in [6.07, 6.45) is 1.92. The number of thioether (sulfide) groups is 1. The van der Waals surface area contributed by atoms with E-state index < -0.39 is 0 Å². The van der Waals surface area contributed by atoms with Gasteiger partial charge in [0, 0.05) is 22.7 Å². The molecule has 0 unspecified atom stereocenters. The van der Waals surface area contributed by atoms with Crippen LogP contribution in [0.25, 0.3) is 10.9 Å².